The largest absolute Gasteiger partial charge is 0.326 e. The van der Waals surface area contributed by atoms with E-state index in [1.807, 2.05) is 18.2 Å². The van der Waals surface area contributed by atoms with Crippen molar-refractivity contribution in [1.29, 1.82) is 0 Å². The van der Waals surface area contributed by atoms with Crippen LogP contribution in [-0.4, -0.2) is 17.3 Å². The maximum absolute atomic E-state index is 11.8. The molecule has 3 heteroatoms. The molecule has 0 spiro atoms. The molecule has 2 aromatic rings. The number of aryl methyl sites for hydroxylation is 1. The Labute approximate surface area is 119 Å². The predicted octanol–water partition coefficient (Wildman–Crippen LogP) is 3.76. The number of nitrogens with zero attached hydrogens (tertiary/aromatic N) is 2. The number of rotatable bonds is 2. The minimum atomic E-state index is 0.0647. The van der Waals surface area contributed by atoms with Crippen molar-refractivity contribution >= 4 is 17.3 Å². The monoisotopic (exact) mass is 266 g/mol. The molecule has 0 aliphatic carbocycles. The first kappa shape index (κ1) is 12.9. The number of benzene rings is 1. The molecule has 0 atom stereocenters. The van der Waals surface area contributed by atoms with Crippen molar-refractivity contribution in [1.82, 2.24) is 4.98 Å². The molecule has 3 rings (SSSR count). The number of hydrogen-bond donors (Lipinski definition) is 0. The van der Waals surface area contributed by atoms with Gasteiger partial charge in [-0.1, -0.05) is 18.2 Å². The fourth-order valence-electron chi connectivity index (χ4n) is 2.80. The van der Waals surface area contributed by atoms with Gasteiger partial charge in [-0.2, -0.15) is 0 Å². The van der Waals surface area contributed by atoms with Crippen LogP contribution in [0.3, 0.4) is 0 Å². The van der Waals surface area contributed by atoms with E-state index in [9.17, 15) is 4.79 Å². The quantitative estimate of drug-likeness (QED) is 0.776. The molecule has 1 aromatic carbocycles. The van der Waals surface area contributed by atoms with Crippen LogP contribution in [0.4, 0.5) is 11.5 Å². The van der Waals surface area contributed by atoms with E-state index in [1.165, 1.54) is 17.7 Å². The Hall–Kier alpha value is -2.16. The Bertz CT molecular complexity index is 636. The van der Waals surface area contributed by atoms with Gasteiger partial charge in [0.15, 0.2) is 5.78 Å². The molecule has 0 amide bonds. The number of anilines is 2. The van der Waals surface area contributed by atoms with Crippen molar-refractivity contribution in [3.8, 4) is 0 Å². The first-order valence-corrected chi connectivity index (χ1v) is 7.09. The fraction of sp³-hybridized carbons (Fsp3) is 0.294. The lowest BCUT2D eigenvalue weighted by Gasteiger charge is -2.25. The number of fused-ring (bicyclic) bond motifs is 1. The highest BCUT2D eigenvalue weighted by molar-refractivity contribution is 5.99. The van der Waals surface area contributed by atoms with Gasteiger partial charge in [-0.25, -0.2) is 4.98 Å². The molecule has 1 aliphatic rings. The smallest absolute Gasteiger partial charge is 0.163 e. The van der Waals surface area contributed by atoms with Crippen LogP contribution in [0, 0.1) is 0 Å². The fourth-order valence-corrected chi connectivity index (χ4v) is 2.80. The molecular weight excluding hydrogens is 248 g/mol. The highest BCUT2D eigenvalue weighted by Gasteiger charge is 2.20. The van der Waals surface area contributed by atoms with E-state index >= 15 is 0 Å². The maximum Gasteiger partial charge on any atom is 0.163 e. The van der Waals surface area contributed by atoms with Gasteiger partial charge in [-0.15, -0.1) is 0 Å². The summed E-state index contributed by atoms with van der Waals surface area (Å²) in [5.41, 5.74) is 3.22. The molecule has 1 aromatic heterocycles. The van der Waals surface area contributed by atoms with Crippen molar-refractivity contribution < 1.29 is 4.79 Å². The second kappa shape index (κ2) is 5.45. The number of pyridine rings is 1. The standard InChI is InChI=1S/C17H18N2O/c1-13(20)15-9-6-11-18-17(15)19-12-5-4-8-14-7-2-3-10-16(14)19/h2-3,6-7,9-11H,4-5,8,12H2,1H3. The van der Waals surface area contributed by atoms with Gasteiger partial charge in [0.05, 0.1) is 5.56 Å². The molecule has 20 heavy (non-hydrogen) atoms. The summed E-state index contributed by atoms with van der Waals surface area (Å²) in [6, 6.07) is 12.1. The summed E-state index contributed by atoms with van der Waals surface area (Å²) in [6.07, 6.45) is 5.14. The molecule has 0 N–H and O–H groups in total. The van der Waals surface area contributed by atoms with Crippen LogP contribution >= 0.6 is 0 Å². The minimum Gasteiger partial charge on any atom is -0.326 e. The van der Waals surface area contributed by atoms with Crippen LogP contribution in [0.5, 0.6) is 0 Å². The molecule has 3 nitrogen and oxygen atoms in total. The highest BCUT2D eigenvalue weighted by Crippen LogP contribution is 2.33. The maximum atomic E-state index is 11.8. The summed E-state index contributed by atoms with van der Waals surface area (Å²) in [7, 11) is 0. The van der Waals surface area contributed by atoms with E-state index in [0.29, 0.717) is 5.56 Å². The third-order valence-corrected chi connectivity index (χ3v) is 3.78. The SMILES string of the molecule is CC(=O)c1cccnc1N1CCCCc2ccccc21. The molecule has 0 saturated heterocycles. The normalized spacial score (nSPS) is 14.6. The molecule has 0 radical (unpaired) electrons. The summed E-state index contributed by atoms with van der Waals surface area (Å²) in [6.45, 7) is 2.51. The highest BCUT2D eigenvalue weighted by atomic mass is 16.1. The van der Waals surface area contributed by atoms with Crippen LogP contribution in [0.2, 0.25) is 0 Å². The molecule has 0 fully saturated rings. The average Bonchev–Trinajstić information content (AvgIpc) is 2.69. The lowest BCUT2D eigenvalue weighted by molar-refractivity contribution is 0.101. The molecule has 1 aliphatic heterocycles. The number of carbonyl (C=O) groups is 1. The van der Waals surface area contributed by atoms with Crippen LogP contribution in [-0.2, 0) is 6.42 Å². The van der Waals surface area contributed by atoms with E-state index in [4.69, 9.17) is 0 Å². The van der Waals surface area contributed by atoms with E-state index in [1.54, 1.807) is 13.1 Å². The summed E-state index contributed by atoms with van der Waals surface area (Å²) in [4.78, 5) is 18.5. The third kappa shape index (κ3) is 2.31. The Kier molecular flexibility index (Phi) is 3.50. The van der Waals surface area contributed by atoms with Crippen molar-refractivity contribution in [2.45, 2.75) is 26.2 Å². The Morgan fingerprint density at radius 2 is 2.00 bits per heavy atom. The zero-order valence-electron chi connectivity index (χ0n) is 11.7. The van der Waals surface area contributed by atoms with Gasteiger partial charge in [0.2, 0.25) is 0 Å². The molecule has 102 valence electrons. The molecular formula is C17H18N2O. The lowest BCUT2D eigenvalue weighted by atomic mass is 10.1. The topological polar surface area (TPSA) is 33.2 Å². The first-order chi connectivity index (χ1) is 9.77. The summed E-state index contributed by atoms with van der Waals surface area (Å²) in [5.74, 6) is 0.851. The van der Waals surface area contributed by atoms with Crippen LogP contribution in [0.15, 0.2) is 42.6 Å². The van der Waals surface area contributed by atoms with E-state index in [0.717, 1.165) is 25.2 Å². The van der Waals surface area contributed by atoms with Crippen molar-refractivity contribution in [2.75, 3.05) is 11.4 Å². The number of aromatic nitrogens is 1. The molecule has 2 heterocycles. The second-order valence-corrected chi connectivity index (χ2v) is 5.17. The Morgan fingerprint density at radius 3 is 2.85 bits per heavy atom. The van der Waals surface area contributed by atoms with Gasteiger partial charge in [0, 0.05) is 18.4 Å². The Balaban J connectivity index is 2.13. The summed E-state index contributed by atoms with van der Waals surface area (Å²) >= 11 is 0. The number of Topliss-reactive ketones (excluding diaryl/α,β-unsaturated/α-hetero) is 1. The molecule has 0 saturated carbocycles. The average molecular weight is 266 g/mol. The van der Waals surface area contributed by atoms with Crippen LogP contribution in [0.1, 0.15) is 35.7 Å². The molecule has 0 unspecified atom stereocenters. The predicted molar refractivity (Wildman–Crippen MR) is 80.6 cm³/mol. The van der Waals surface area contributed by atoms with Gasteiger partial charge < -0.3 is 4.90 Å². The number of para-hydroxylation sites is 1. The first-order valence-electron chi connectivity index (χ1n) is 7.09. The minimum absolute atomic E-state index is 0.0647. The van der Waals surface area contributed by atoms with Gasteiger partial charge in [-0.3, -0.25) is 4.79 Å². The lowest BCUT2D eigenvalue weighted by Crippen LogP contribution is -2.21. The van der Waals surface area contributed by atoms with Crippen LogP contribution < -0.4 is 4.90 Å². The van der Waals surface area contributed by atoms with Crippen LogP contribution in [0.25, 0.3) is 0 Å². The van der Waals surface area contributed by atoms with Crippen molar-refractivity contribution in [3.05, 3.63) is 53.7 Å². The van der Waals surface area contributed by atoms with Crippen molar-refractivity contribution in [2.24, 2.45) is 0 Å². The number of carbonyl (C=O) groups excluding carboxylic acids is 1. The summed E-state index contributed by atoms with van der Waals surface area (Å²) in [5, 5.41) is 0. The van der Waals surface area contributed by atoms with Gasteiger partial charge in [0.25, 0.3) is 0 Å². The van der Waals surface area contributed by atoms with E-state index in [-0.39, 0.29) is 5.78 Å². The Morgan fingerprint density at radius 1 is 1.15 bits per heavy atom. The number of hydrogen-bond acceptors (Lipinski definition) is 3. The summed E-state index contributed by atoms with van der Waals surface area (Å²) < 4.78 is 0. The van der Waals surface area contributed by atoms with Gasteiger partial charge >= 0.3 is 0 Å². The van der Waals surface area contributed by atoms with E-state index < -0.39 is 0 Å². The second-order valence-electron chi connectivity index (χ2n) is 5.17. The third-order valence-electron chi connectivity index (χ3n) is 3.78. The van der Waals surface area contributed by atoms with Gasteiger partial charge in [0.1, 0.15) is 5.82 Å². The van der Waals surface area contributed by atoms with Gasteiger partial charge in [-0.05, 0) is 49.9 Å². The molecule has 0 bridgehead atoms. The zero-order chi connectivity index (χ0) is 13.9. The van der Waals surface area contributed by atoms with E-state index in [2.05, 4.69) is 28.1 Å². The number of ketones is 1. The zero-order valence-corrected chi connectivity index (χ0v) is 11.7. The van der Waals surface area contributed by atoms with Crippen molar-refractivity contribution in [3.63, 3.8) is 0 Å².